The second-order valence-corrected chi connectivity index (χ2v) is 7.40. The van der Waals surface area contributed by atoms with Gasteiger partial charge in [-0.05, 0) is 34.1 Å². The summed E-state index contributed by atoms with van der Waals surface area (Å²) in [5.74, 6) is 0.154. The minimum Gasteiger partial charge on any atom is -0.491 e. The first-order valence-electron chi connectivity index (χ1n) is 6.80. The molecule has 0 saturated heterocycles. The number of ether oxygens (including phenoxy) is 1. The van der Waals surface area contributed by atoms with E-state index in [2.05, 4.69) is 26.0 Å². The van der Waals surface area contributed by atoms with Gasteiger partial charge in [-0.25, -0.2) is 8.42 Å². The number of carbonyl (C=O) groups excluding carboxylic acids is 1. The molecule has 0 spiro atoms. The lowest BCUT2D eigenvalue weighted by molar-refractivity contribution is -0.116. The Bertz CT molecular complexity index is 853. The first-order valence-corrected chi connectivity index (χ1v) is 9.07. The number of halogens is 1. The normalized spacial score (nSPS) is 14.2. The van der Waals surface area contributed by atoms with Crippen LogP contribution in [0.3, 0.4) is 0 Å². The van der Waals surface area contributed by atoms with E-state index in [1.54, 1.807) is 30.3 Å². The summed E-state index contributed by atoms with van der Waals surface area (Å²) in [6.07, 6.45) is 0.219. The fourth-order valence-electron chi connectivity index (χ4n) is 2.14. The fourth-order valence-corrected chi connectivity index (χ4v) is 4.26. The third-order valence-electron chi connectivity index (χ3n) is 3.21. The molecule has 1 aliphatic heterocycles. The van der Waals surface area contributed by atoms with Crippen molar-refractivity contribution >= 4 is 43.2 Å². The molecule has 0 aliphatic carbocycles. The average Bonchev–Trinajstić information content (AvgIpc) is 2.67. The molecule has 3 rings (SSSR count). The van der Waals surface area contributed by atoms with Crippen molar-refractivity contribution in [2.75, 3.05) is 16.6 Å². The van der Waals surface area contributed by atoms with Crippen molar-refractivity contribution in [3.05, 3.63) is 46.9 Å². The van der Waals surface area contributed by atoms with Crippen LogP contribution in [0, 0.1) is 0 Å². The van der Waals surface area contributed by atoms with Crippen LogP contribution in [0.15, 0.2) is 51.8 Å². The smallest absolute Gasteiger partial charge is 0.263 e. The topological polar surface area (TPSA) is 84.5 Å². The molecule has 2 aromatic rings. The highest BCUT2D eigenvalue weighted by Gasteiger charge is 2.23. The van der Waals surface area contributed by atoms with E-state index in [1.807, 2.05) is 0 Å². The number of carbonyl (C=O) groups is 1. The van der Waals surface area contributed by atoms with Gasteiger partial charge in [0.15, 0.2) is 0 Å². The number of benzene rings is 2. The summed E-state index contributed by atoms with van der Waals surface area (Å²) in [5.41, 5.74) is 0.904. The minimum absolute atomic E-state index is 0.0382. The standard InChI is InChI=1S/C15H13BrN2O4S/c16-11-8-12-13(22-7-6-15(19)17-12)9-14(11)23(20,21)18-10-4-2-1-3-5-10/h1-5,8-9,18H,6-7H2,(H,17,19). The molecule has 0 fully saturated rings. The van der Waals surface area contributed by atoms with Gasteiger partial charge in [-0.3, -0.25) is 9.52 Å². The van der Waals surface area contributed by atoms with Gasteiger partial charge < -0.3 is 10.1 Å². The Hall–Kier alpha value is -2.06. The highest BCUT2D eigenvalue weighted by atomic mass is 79.9. The van der Waals surface area contributed by atoms with Gasteiger partial charge in [0, 0.05) is 16.2 Å². The molecule has 1 aliphatic rings. The summed E-state index contributed by atoms with van der Waals surface area (Å²) in [7, 11) is -3.79. The zero-order valence-corrected chi connectivity index (χ0v) is 14.3. The zero-order chi connectivity index (χ0) is 16.4. The molecule has 120 valence electrons. The van der Waals surface area contributed by atoms with Crippen molar-refractivity contribution in [3.63, 3.8) is 0 Å². The van der Waals surface area contributed by atoms with E-state index >= 15 is 0 Å². The number of anilines is 2. The maximum Gasteiger partial charge on any atom is 0.263 e. The predicted octanol–water partition coefficient (Wildman–Crippen LogP) is 2.97. The molecule has 8 heteroatoms. The van der Waals surface area contributed by atoms with Gasteiger partial charge in [0.1, 0.15) is 10.6 Å². The van der Waals surface area contributed by atoms with Gasteiger partial charge in [-0.2, -0.15) is 0 Å². The number of rotatable bonds is 3. The maximum atomic E-state index is 12.6. The van der Waals surface area contributed by atoms with Crippen molar-refractivity contribution in [1.29, 1.82) is 0 Å². The van der Waals surface area contributed by atoms with E-state index in [-0.39, 0.29) is 23.8 Å². The van der Waals surface area contributed by atoms with Gasteiger partial charge in [-0.1, -0.05) is 18.2 Å². The largest absolute Gasteiger partial charge is 0.491 e. The summed E-state index contributed by atoms with van der Waals surface area (Å²) in [6.45, 7) is 0.200. The maximum absolute atomic E-state index is 12.6. The van der Waals surface area contributed by atoms with E-state index in [9.17, 15) is 13.2 Å². The first-order chi connectivity index (χ1) is 11.0. The molecule has 0 atom stereocenters. The molecule has 23 heavy (non-hydrogen) atoms. The molecule has 0 saturated carbocycles. The second kappa shape index (κ2) is 6.21. The number of fused-ring (bicyclic) bond motifs is 1. The summed E-state index contributed by atoms with van der Waals surface area (Å²) in [6, 6.07) is 11.5. The number of sulfonamides is 1. The number of nitrogens with one attached hydrogen (secondary N) is 2. The van der Waals surface area contributed by atoms with Crippen LogP contribution in [0.1, 0.15) is 6.42 Å². The van der Waals surface area contributed by atoms with Crippen LogP contribution in [-0.4, -0.2) is 20.9 Å². The summed E-state index contributed by atoms with van der Waals surface area (Å²) in [5, 5.41) is 2.68. The molecule has 0 radical (unpaired) electrons. The molecule has 1 amide bonds. The molecule has 2 N–H and O–H groups in total. The van der Waals surface area contributed by atoms with E-state index in [0.717, 1.165) is 0 Å². The zero-order valence-electron chi connectivity index (χ0n) is 11.9. The Labute approximate surface area is 142 Å². The molecular weight excluding hydrogens is 384 g/mol. The van der Waals surface area contributed by atoms with Crippen LogP contribution >= 0.6 is 15.9 Å². The number of hydrogen-bond acceptors (Lipinski definition) is 4. The van der Waals surface area contributed by atoms with Crippen LogP contribution in [0.4, 0.5) is 11.4 Å². The van der Waals surface area contributed by atoms with Crippen LogP contribution < -0.4 is 14.8 Å². The Balaban J connectivity index is 1.99. The molecule has 1 heterocycles. The second-order valence-electron chi connectivity index (χ2n) is 4.90. The van der Waals surface area contributed by atoms with Crippen LogP contribution in [0.25, 0.3) is 0 Å². The highest BCUT2D eigenvalue weighted by molar-refractivity contribution is 9.10. The molecule has 6 nitrogen and oxygen atoms in total. The quantitative estimate of drug-likeness (QED) is 0.834. The van der Waals surface area contributed by atoms with Crippen molar-refractivity contribution in [3.8, 4) is 5.75 Å². The number of para-hydroxylation sites is 1. The van der Waals surface area contributed by atoms with E-state index < -0.39 is 10.0 Å². The summed E-state index contributed by atoms with van der Waals surface area (Å²) >= 11 is 3.24. The van der Waals surface area contributed by atoms with E-state index in [4.69, 9.17) is 4.74 Å². The number of amides is 1. The van der Waals surface area contributed by atoms with Crippen molar-refractivity contribution in [1.82, 2.24) is 0 Å². The lowest BCUT2D eigenvalue weighted by Crippen LogP contribution is -2.14. The lowest BCUT2D eigenvalue weighted by Gasteiger charge is -2.13. The Morgan fingerprint density at radius 1 is 1.17 bits per heavy atom. The molecule has 2 aromatic carbocycles. The fraction of sp³-hybridized carbons (Fsp3) is 0.133. The monoisotopic (exact) mass is 396 g/mol. The van der Waals surface area contributed by atoms with Crippen LogP contribution in [-0.2, 0) is 14.8 Å². The Kier molecular flexibility index (Phi) is 4.27. The summed E-state index contributed by atoms with van der Waals surface area (Å²) < 4.78 is 33.5. The molecular formula is C15H13BrN2O4S. The van der Waals surface area contributed by atoms with Crippen molar-refractivity contribution in [2.24, 2.45) is 0 Å². The minimum atomic E-state index is -3.79. The van der Waals surface area contributed by atoms with Crippen molar-refractivity contribution in [2.45, 2.75) is 11.3 Å². The van der Waals surface area contributed by atoms with Crippen LogP contribution in [0.5, 0.6) is 5.75 Å². The number of hydrogen-bond donors (Lipinski definition) is 2. The first kappa shape index (κ1) is 15.8. The third kappa shape index (κ3) is 3.48. The van der Waals surface area contributed by atoms with Gasteiger partial charge in [0.05, 0.1) is 18.7 Å². The van der Waals surface area contributed by atoms with E-state index in [0.29, 0.717) is 21.6 Å². The molecule has 0 aromatic heterocycles. The Morgan fingerprint density at radius 3 is 2.65 bits per heavy atom. The lowest BCUT2D eigenvalue weighted by atomic mass is 10.3. The average molecular weight is 397 g/mol. The third-order valence-corrected chi connectivity index (χ3v) is 5.55. The Morgan fingerprint density at radius 2 is 1.91 bits per heavy atom. The van der Waals surface area contributed by atoms with E-state index in [1.165, 1.54) is 12.1 Å². The SMILES string of the molecule is O=C1CCOc2cc(S(=O)(=O)Nc3ccccc3)c(Br)cc2N1. The van der Waals surface area contributed by atoms with Gasteiger partial charge in [0.2, 0.25) is 5.91 Å². The van der Waals surface area contributed by atoms with Crippen molar-refractivity contribution < 1.29 is 17.9 Å². The molecule has 0 unspecified atom stereocenters. The van der Waals surface area contributed by atoms with Crippen LogP contribution in [0.2, 0.25) is 0 Å². The predicted molar refractivity (Wildman–Crippen MR) is 90.1 cm³/mol. The van der Waals surface area contributed by atoms with Gasteiger partial charge >= 0.3 is 0 Å². The van der Waals surface area contributed by atoms with Gasteiger partial charge in [-0.15, -0.1) is 0 Å². The van der Waals surface area contributed by atoms with Gasteiger partial charge in [0.25, 0.3) is 10.0 Å². The summed E-state index contributed by atoms with van der Waals surface area (Å²) in [4.78, 5) is 11.6. The highest BCUT2D eigenvalue weighted by Crippen LogP contribution is 2.36. The molecule has 0 bridgehead atoms.